The first-order valence-corrected chi connectivity index (χ1v) is 7.54. The predicted molar refractivity (Wildman–Crippen MR) is 72.3 cm³/mol. The second-order valence-corrected chi connectivity index (χ2v) is 5.67. The Labute approximate surface area is 105 Å². The van der Waals surface area contributed by atoms with Crippen molar-refractivity contribution < 1.29 is 4.74 Å². The topological polar surface area (TPSA) is 15.7 Å². The minimum absolute atomic E-state index is 0.653. The number of rotatable bonds is 6. The number of nitrogens with zero attached hydrogens (tertiary/aromatic N) is 2. The lowest BCUT2D eigenvalue weighted by Gasteiger charge is -2.44. The maximum absolute atomic E-state index is 5.17. The Morgan fingerprint density at radius 3 is 2.31 bits per heavy atom. The number of piperazine rings is 1. The molecule has 1 aliphatic heterocycles. The monoisotopic (exact) mass is 246 g/mol. The number of thioether (sulfide) groups is 1. The van der Waals surface area contributed by atoms with E-state index in [0.29, 0.717) is 12.1 Å². The third-order valence-electron chi connectivity index (χ3n) is 3.34. The molecule has 0 N–H and O–H groups in total. The van der Waals surface area contributed by atoms with Crippen molar-refractivity contribution in [2.45, 2.75) is 25.9 Å². The van der Waals surface area contributed by atoms with Gasteiger partial charge in [-0.2, -0.15) is 11.8 Å². The van der Waals surface area contributed by atoms with E-state index in [4.69, 9.17) is 4.74 Å². The van der Waals surface area contributed by atoms with Crippen molar-refractivity contribution >= 4 is 11.8 Å². The molecule has 0 aliphatic carbocycles. The molecule has 1 rings (SSSR count). The van der Waals surface area contributed by atoms with Crippen LogP contribution >= 0.6 is 11.8 Å². The van der Waals surface area contributed by atoms with Crippen LogP contribution in [0.15, 0.2) is 0 Å². The highest BCUT2D eigenvalue weighted by molar-refractivity contribution is 7.98. The lowest BCUT2D eigenvalue weighted by molar-refractivity contribution is 0.0236. The van der Waals surface area contributed by atoms with Crippen LogP contribution in [0.3, 0.4) is 0 Å². The highest BCUT2D eigenvalue weighted by Gasteiger charge is 2.28. The molecule has 0 radical (unpaired) electrons. The Bertz CT molecular complexity index is 180. The summed E-state index contributed by atoms with van der Waals surface area (Å²) in [6.07, 6.45) is 2.18. The third kappa shape index (κ3) is 4.24. The highest BCUT2D eigenvalue weighted by Crippen LogP contribution is 2.15. The lowest BCUT2D eigenvalue weighted by Crippen LogP contribution is -2.57. The van der Waals surface area contributed by atoms with Gasteiger partial charge in [-0.1, -0.05) is 0 Å². The van der Waals surface area contributed by atoms with Gasteiger partial charge in [0.1, 0.15) is 0 Å². The lowest BCUT2D eigenvalue weighted by atomic mass is 10.1. The quantitative estimate of drug-likeness (QED) is 0.703. The van der Waals surface area contributed by atoms with Crippen molar-refractivity contribution in [3.8, 4) is 0 Å². The number of hydrogen-bond donors (Lipinski definition) is 0. The Balaban J connectivity index is 2.37. The van der Waals surface area contributed by atoms with E-state index in [2.05, 4.69) is 29.9 Å². The van der Waals surface area contributed by atoms with Crippen LogP contribution in [0, 0.1) is 0 Å². The van der Waals surface area contributed by atoms with Crippen LogP contribution in [-0.2, 0) is 4.74 Å². The van der Waals surface area contributed by atoms with Crippen LogP contribution in [0.4, 0.5) is 0 Å². The zero-order valence-corrected chi connectivity index (χ0v) is 11.9. The number of ether oxygens (including phenoxy) is 1. The highest BCUT2D eigenvalue weighted by atomic mass is 32.2. The molecule has 0 aromatic heterocycles. The second-order valence-electron chi connectivity index (χ2n) is 4.68. The first-order chi connectivity index (χ1) is 7.69. The zero-order chi connectivity index (χ0) is 12.0. The molecule has 96 valence electrons. The van der Waals surface area contributed by atoms with Crippen molar-refractivity contribution in [2.75, 3.05) is 51.9 Å². The van der Waals surface area contributed by atoms with Gasteiger partial charge in [0.25, 0.3) is 0 Å². The van der Waals surface area contributed by atoms with Gasteiger partial charge < -0.3 is 4.74 Å². The molecule has 0 amide bonds. The van der Waals surface area contributed by atoms with E-state index in [1.54, 1.807) is 7.11 Å². The summed E-state index contributed by atoms with van der Waals surface area (Å²) in [5.74, 6) is 1.25. The Morgan fingerprint density at radius 1 is 1.19 bits per heavy atom. The van der Waals surface area contributed by atoms with E-state index in [1.165, 1.54) is 25.4 Å². The van der Waals surface area contributed by atoms with Crippen LogP contribution in [-0.4, -0.2) is 73.8 Å². The van der Waals surface area contributed by atoms with E-state index >= 15 is 0 Å². The molecule has 0 aromatic rings. The molecule has 1 fully saturated rings. The molecule has 0 unspecified atom stereocenters. The van der Waals surface area contributed by atoms with Crippen molar-refractivity contribution in [3.05, 3.63) is 0 Å². The minimum atomic E-state index is 0.653. The number of hydrogen-bond acceptors (Lipinski definition) is 4. The van der Waals surface area contributed by atoms with Gasteiger partial charge in [-0.25, -0.2) is 0 Å². The molecule has 0 aromatic carbocycles. The van der Waals surface area contributed by atoms with Gasteiger partial charge >= 0.3 is 0 Å². The van der Waals surface area contributed by atoms with Crippen LogP contribution in [0.2, 0.25) is 0 Å². The first kappa shape index (κ1) is 14.3. The van der Waals surface area contributed by atoms with Crippen molar-refractivity contribution in [1.29, 1.82) is 0 Å². The van der Waals surface area contributed by atoms with Crippen molar-refractivity contribution in [3.63, 3.8) is 0 Å². The van der Waals surface area contributed by atoms with E-state index in [1.807, 2.05) is 11.8 Å². The summed E-state index contributed by atoms with van der Waals surface area (Å²) in [7, 11) is 1.78. The Hall–Kier alpha value is 0.230. The van der Waals surface area contributed by atoms with E-state index < -0.39 is 0 Å². The average molecular weight is 246 g/mol. The fourth-order valence-electron chi connectivity index (χ4n) is 2.51. The maximum Gasteiger partial charge on any atom is 0.0589 e. The van der Waals surface area contributed by atoms with E-state index in [9.17, 15) is 0 Å². The molecule has 0 spiro atoms. The molecule has 2 atom stereocenters. The molecular formula is C12H26N2OS. The van der Waals surface area contributed by atoms with E-state index in [0.717, 1.165) is 13.2 Å². The van der Waals surface area contributed by atoms with Gasteiger partial charge in [0.05, 0.1) is 6.61 Å². The molecule has 4 heteroatoms. The molecule has 0 saturated carbocycles. The summed E-state index contributed by atoms with van der Waals surface area (Å²) in [6, 6.07) is 1.31. The molecule has 3 nitrogen and oxygen atoms in total. The van der Waals surface area contributed by atoms with Gasteiger partial charge in [0.15, 0.2) is 0 Å². The first-order valence-electron chi connectivity index (χ1n) is 6.15. The fourth-order valence-corrected chi connectivity index (χ4v) is 2.95. The molecule has 0 bridgehead atoms. The molecule has 16 heavy (non-hydrogen) atoms. The van der Waals surface area contributed by atoms with Gasteiger partial charge in [-0.3, -0.25) is 9.80 Å². The molecule has 1 aliphatic rings. The summed E-state index contributed by atoms with van der Waals surface area (Å²) in [6.45, 7) is 10.2. The average Bonchev–Trinajstić information content (AvgIpc) is 2.25. The molecule has 1 heterocycles. The number of methoxy groups -OCH3 is 1. The van der Waals surface area contributed by atoms with Crippen molar-refractivity contribution in [1.82, 2.24) is 9.80 Å². The summed E-state index contributed by atoms with van der Waals surface area (Å²) in [5.41, 5.74) is 0. The summed E-state index contributed by atoms with van der Waals surface area (Å²) >= 11 is 1.94. The smallest absolute Gasteiger partial charge is 0.0589 e. The van der Waals surface area contributed by atoms with Crippen LogP contribution in [0.5, 0.6) is 0 Å². The van der Waals surface area contributed by atoms with Crippen LogP contribution < -0.4 is 0 Å². The maximum atomic E-state index is 5.17. The van der Waals surface area contributed by atoms with Gasteiger partial charge in [0.2, 0.25) is 0 Å². The van der Waals surface area contributed by atoms with Gasteiger partial charge in [-0.15, -0.1) is 0 Å². The summed E-state index contributed by atoms with van der Waals surface area (Å²) < 4.78 is 5.17. The van der Waals surface area contributed by atoms with E-state index in [-0.39, 0.29) is 0 Å². The Kier molecular flexibility index (Phi) is 6.73. The fraction of sp³-hybridized carbons (Fsp3) is 1.00. The SMILES string of the molecule is COCCN1[C@@H](C)CN(CCSC)C[C@@H]1C. The van der Waals surface area contributed by atoms with Gasteiger partial charge in [0, 0.05) is 51.1 Å². The normalized spacial score (nSPS) is 28.5. The molecular weight excluding hydrogens is 220 g/mol. The summed E-state index contributed by atoms with van der Waals surface area (Å²) in [4.78, 5) is 5.16. The predicted octanol–water partition coefficient (Wildman–Crippen LogP) is 1.39. The Morgan fingerprint density at radius 2 is 1.81 bits per heavy atom. The third-order valence-corrected chi connectivity index (χ3v) is 3.93. The minimum Gasteiger partial charge on any atom is -0.383 e. The standard InChI is InChI=1S/C12H26N2OS/c1-11-9-13(6-8-16-4)10-12(2)14(11)5-7-15-3/h11-12H,5-10H2,1-4H3/t11-,12-/m0/s1. The summed E-state index contributed by atoms with van der Waals surface area (Å²) in [5, 5.41) is 0. The zero-order valence-electron chi connectivity index (χ0n) is 11.1. The van der Waals surface area contributed by atoms with Crippen LogP contribution in [0.1, 0.15) is 13.8 Å². The van der Waals surface area contributed by atoms with Crippen LogP contribution in [0.25, 0.3) is 0 Å². The van der Waals surface area contributed by atoms with Crippen molar-refractivity contribution in [2.24, 2.45) is 0 Å². The second kappa shape index (κ2) is 7.54. The van der Waals surface area contributed by atoms with Gasteiger partial charge in [-0.05, 0) is 20.1 Å². The molecule has 1 saturated heterocycles. The largest absolute Gasteiger partial charge is 0.383 e.